The summed E-state index contributed by atoms with van der Waals surface area (Å²) in [4.78, 5) is 0. The van der Waals surface area contributed by atoms with Crippen molar-refractivity contribution in [2.75, 3.05) is 0 Å². The van der Waals surface area contributed by atoms with Crippen LogP contribution in [0.25, 0.3) is 0 Å². The molecule has 0 bridgehead atoms. The normalized spacial score (nSPS) is 12.6. The predicted molar refractivity (Wildman–Crippen MR) is 88.8 cm³/mol. The molecular formula is C17H24ClN3. The molecule has 0 saturated heterocycles. The van der Waals surface area contributed by atoms with Gasteiger partial charge >= 0.3 is 0 Å². The van der Waals surface area contributed by atoms with Gasteiger partial charge in [-0.25, -0.2) is 0 Å². The zero-order chi connectivity index (χ0) is 15.4. The molecule has 1 aromatic carbocycles. The monoisotopic (exact) mass is 305 g/mol. The third-order valence-corrected chi connectivity index (χ3v) is 4.29. The minimum Gasteiger partial charge on any atom is -0.327 e. The number of hydrogen-bond acceptors (Lipinski definition) is 2. The smallest absolute Gasteiger partial charge is 0.0847 e. The first-order valence-electron chi connectivity index (χ1n) is 7.54. The number of rotatable bonds is 6. The van der Waals surface area contributed by atoms with Gasteiger partial charge in [0.1, 0.15) is 0 Å². The second-order valence-electron chi connectivity index (χ2n) is 5.65. The molecule has 4 heteroatoms. The lowest BCUT2D eigenvalue weighted by Gasteiger charge is -2.13. The SMILES string of the molecule is CCn1nc(C)c(Cl)c1CC(N)CCc1cccc(C)c1. The van der Waals surface area contributed by atoms with Gasteiger partial charge in [0, 0.05) is 19.0 Å². The molecule has 2 rings (SSSR count). The molecule has 0 saturated carbocycles. The van der Waals surface area contributed by atoms with Crippen LogP contribution >= 0.6 is 11.6 Å². The number of nitrogens with zero attached hydrogens (tertiary/aromatic N) is 2. The Hall–Kier alpha value is -1.32. The summed E-state index contributed by atoms with van der Waals surface area (Å²) in [7, 11) is 0. The van der Waals surface area contributed by atoms with E-state index in [0.29, 0.717) is 0 Å². The topological polar surface area (TPSA) is 43.8 Å². The summed E-state index contributed by atoms with van der Waals surface area (Å²) >= 11 is 6.34. The molecule has 21 heavy (non-hydrogen) atoms. The Bertz CT molecular complexity index is 604. The maximum atomic E-state index is 6.34. The van der Waals surface area contributed by atoms with Crippen LogP contribution < -0.4 is 5.73 Å². The van der Waals surface area contributed by atoms with Crippen molar-refractivity contribution >= 4 is 11.6 Å². The zero-order valence-corrected chi connectivity index (χ0v) is 13.8. The van der Waals surface area contributed by atoms with Gasteiger partial charge in [-0.1, -0.05) is 41.4 Å². The molecule has 0 aliphatic carbocycles. The van der Waals surface area contributed by atoms with Crippen LogP contribution in [0.2, 0.25) is 5.02 Å². The van der Waals surface area contributed by atoms with Gasteiger partial charge in [-0.15, -0.1) is 0 Å². The van der Waals surface area contributed by atoms with Crippen molar-refractivity contribution in [1.29, 1.82) is 0 Å². The van der Waals surface area contributed by atoms with Crippen molar-refractivity contribution < 1.29 is 0 Å². The average molecular weight is 306 g/mol. The Morgan fingerprint density at radius 3 is 2.76 bits per heavy atom. The molecule has 0 aliphatic heterocycles. The van der Waals surface area contributed by atoms with Crippen LogP contribution in [0, 0.1) is 13.8 Å². The molecule has 0 aliphatic rings. The molecule has 1 heterocycles. The molecule has 0 amide bonds. The van der Waals surface area contributed by atoms with Crippen molar-refractivity contribution in [2.24, 2.45) is 5.73 Å². The first kappa shape index (κ1) is 16.1. The average Bonchev–Trinajstić information content (AvgIpc) is 2.73. The fourth-order valence-corrected chi connectivity index (χ4v) is 2.85. The first-order chi connectivity index (χ1) is 10.0. The fraction of sp³-hybridized carbons (Fsp3) is 0.471. The molecular weight excluding hydrogens is 282 g/mol. The van der Waals surface area contributed by atoms with Gasteiger partial charge in [0.25, 0.3) is 0 Å². The maximum Gasteiger partial charge on any atom is 0.0847 e. The summed E-state index contributed by atoms with van der Waals surface area (Å²) in [6.07, 6.45) is 2.73. The van der Waals surface area contributed by atoms with Crippen LogP contribution in [0.4, 0.5) is 0 Å². The van der Waals surface area contributed by atoms with Gasteiger partial charge in [-0.3, -0.25) is 4.68 Å². The molecule has 1 atom stereocenters. The summed E-state index contributed by atoms with van der Waals surface area (Å²) in [6, 6.07) is 8.70. The van der Waals surface area contributed by atoms with E-state index in [1.165, 1.54) is 11.1 Å². The van der Waals surface area contributed by atoms with E-state index in [0.717, 1.165) is 42.2 Å². The lowest BCUT2D eigenvalue weighted by molar-refractivity contribution is 0.554. The lowest BCUT2D eigenvalue weighted by Crippen LogP contribution is -2.25. The molecule has 1 aromatic heterocycles. The number of aromatic nitrogens is 2. The van der Waals surface area contributed by atoms with Crippen LogP contribution in [0.3, 0.4) is 0 Å². The highest BCUT2D eigenvalue weighted by Crippen LogP contribution is 2.22. The van der Waals surface area contributed by atoms with E-state index in [9.17, 15) is 0 Å². The molecule has 2 aromatic rings. The van der Waals surface area contributed by atoms with Gasteiger partial charge in [-0.05, 0) is 39.2 Å². The Balaban J connectivity index is 1.97. The van der Waals surface area contributed by atoms with E-state index in [1.54, 1.807) is 0 Å². The minimum absolute atomic E-state index is 0.101. The molecule has 0 radical (unpaired) electrons. The van der Waals surface area contributed by atoms with Crippen molar-refractivity contribution in [3.8, 4) is 0 Å². The number of nitrogens with two attached hydrogens (primary N) is 1. The van der Waals surface area contributed by atoms with Gasteiger partial charge in [-0.2, -0.15) is 5.10 Å². The number of hydrogen-bond donors (Lipinski definition) is 1. The molecule has 1 unspecified atom stereocenters. The summed E-state index contributed by atoms with van der Waals surface area (Å²) in [6.45, 7) is 6.96. The van der Waals surface area contributed by atoms with Gasteiger partial charge in [0.2, 0.25) is 0 Å². The standard InChI is InChI=1S/C17H24ClN3/c1-4-21-16(17(18)13(3)20-21)11-15(19)9-8-14-7-5-6-12(2)10-14/h5-7,10,15H,4,8-9,11,19H2,1-3H3. The summed E-state index contributed by atoms with van der Waals surface area (Å²) in [5.74, 6) is 0. The third-order valence-electron chi connectivity index (χ3n) is 3.79. The number of halogens is 1. The Labute approximate surface area is 132 Å². The summed E-state index contributed by atoms with van der Waals surface area (Å²) in [5, 5.41) is 5.21. The zero-order valence-electron chi connectivity index (χ0n) is 13.1. The van der Waals surface area contributed by atoms with Crippen molar-refractivity contribution in [3.05, 3.63) is 51.8 Å². The van der Waals surface area contributed by atoms with Crippen molar-refractivity contribution in [1.82, 2.24) is 9.78 Å². The lowest BCUT2D eigenvalue weighted by atomic mass is 10.0. The quantitative estimate of drug-likeness (QED) is 0.885. The molecule has 3 nitrogen and oxygen atoms in total. The second kappa shape index (κ2) is 7.10. The van der Waals surface area contributed by atoms with Gasteiger partial charge < -0.3 is 5.73 Å². The van der Waals surface area contributed by atoms with Crippen molar-refractivity contribution in [3.63, 3.8) is 0 Å². The molecule has 2 N–H and O–H groups in total. The van der Waals surface area contributed by atoms with E-state index >= 15 is 0 Å². The van der Waals surface area contributed by atoms with E-state index in [4.69, 9.17) is 17.3 Å². The molecule has 114 valence electrons. The van der Waals surface area contributed by atoms with Gasteiger partial charge in [0.15, 0.2) is 0 Å². The highest BCUT2D eigenvalue weighted by atomic mass is 35.5. The van der Waals surface area contributed by atoms with Crippen LogP contribution in [0.1, 0.15) is 35.9 Å². The van der Waals surface area contributed by atoms with Gasteiger partial charge in [0.05, 0.1) is 16.4 Å². The third kappa shape index (κ3) is 4.08. The summed E-state index contributed by atoms with van der Waals surface area (Å²) in [5.41, 5.74) is 10.9. The molecule has 0 spiro atoms. The Kier molecular flexibility index (Phi) is 5.43. The number of aryl methyl sites for hydroxylation is 4. The van der Waals surface area contributed by atoms with E-state index in [-0.39, 0.29) is 6.04 Å². The largest absolute Gasteiger partial charge is 0.327 e. The Morgan fingerprint density at radius 2 is 2.10 bits per heavy atom. The fourth-order valence-electron chi connectivity index (χ4n) is 2.63. The highest BCUT2D eigenvalue weighted by Gasteiger charge is 2.15. The second-order valence-corrected chi connectivity index (χ2v) is 6.03. The van der Waals surface area contributed by atoms with Crippen LogP contribution in [-0.4, -0.2) is 15.8 Å². The van der Waals surface area contributed by atoms with E-state index in [2.05, 4.69) is 43.2 Å². The molecule has 0 fully saturated rings. The van der Waals surface area contributed by atoms with Crippen LogP contribution in [-0.2, 0) is 19.4 Å². The van der Waals surface area contributed by atoms with E-state index < -0.39 is 0 Å². The first-order valence-corrected chi connectivity index (χ1v) is 7.92. The number of benzene rings is 1. The van der Waals surface area contributed by atoms with Crippen LogP contribution in [0.15, 0.2) is 24.3 Å². The van der Waals surface area contributed by atoms with Crippen molar-refractivity contribution in [2.45, 2.75) is 52.6 Å². The van der Waals surface area contributed by atoms with Crippen LogP contribution in [0.5, 0.6) is 0 Å². The predicted octanol–water partition coefficient (Wildman–Crippen LogP) is 3.68. The minimum atomic E-state index is 0.101. The highest BCUT2D eigenvalue weighted by molar-refractivity contribution is 6.31. The van der Waals surface area contributed by atoms with E-state index in [1.807, 2.05) is 11.6 Å². The Morgan fingerprint density at radius 1 is 1.33 bits per heavy atom. The maximum absolute atomic E-state index is 6.34. The summed E-state index contributed by atoms with van der Waals surface area (Å²) < 4.78 is 1.96.